The highest BCUT2D eigenvalue weighted by Crippen LogP contribution is 2.63. The number of carbonyl (C=O) groups is 1. The summed E-state index contributed by atoms with van der Waals surface area (Å²) in [6.07, 6.45) is 3.80. The molecule has 7 rings (SSSR count). The van der Waals surface area contributed by atoms with E-state index in [0.717, 1.165) is 5.69 Å². The molecule has 2 aliphatic carbocycles. The minimum absolute atomic E-state index is 0.106. The molecule has 2 bridgehead atoms. The summed E-state index contributed by atoms with van der Waals surface area (Å²) in [4.78, 5) is 13.5. The van der Waals surface area contributed by atoms with Gasteiger partial charge in [-0.15, -0.1) is 0 Å². The maximum Gasteiger partial charge on any atom is 0.261 e. The Labute approximate surface area is 252 Å². The summed E-state index contributed by atoms with van der Waals surface area (Å²) < 4.78 is 33.9. The monoisotopic (exact) mass is 593 g/mol. The van der Waals surface area contributed by atoms with Crippen LogP contribution in [0, 0.1) is 17.8 Å². The highest BCUT2D eigenvalue weighted by Gasteiger charge is 2.53. The predicted molar refractivity (Wildman–Crippen MR) is 169 cm³/mol. The number of benzene rings is 4. The second-order valence-corrected chi connectivity index (χ2v) is 13.5. The maximum atomic E-state index is 13.4. The van der Waals surface area contributed by atoms with Crippen LogP contribution in [0.25, 0.3) is 0 Å². The minimum Gasteiger partial charge on any atom is -0.494 e. The van der Waals surface area contributed by atoms with Crippen LogP contribution in [0.15, 0.2) is 102 Å². The summed E-state index contributed by atoms with van der Waals surface area (Å²) in [6.45, 7) is 2.43. The first-order valence-corrected chi connectivity index (χ1v) is 16.5. The number of rotatable bonds is 8. The van der Waals surface area contributed by atoms with Crippen molar-refractivity contribution in [3.8, 4) is 5.75 Å². The van der Waals surface area contributed by atoms with E-state index in [1.54, 1.807) is 36.4 Å². The summed E-state index contributed by atoms with van der Waals surface area (Å²) in [5, 5.41) is 6.78. The number of sulfonamides is 1. The van der Waals surface area contributed by atoms with Crippen LogP contribution in [-0.4, -0.2) is 20.9 Å². The highest BCUT2D eigenvalue weighted by molar-refractivity contribution is 7.92. The number of carbonyl (C=O) groups excluding carboxylic acids is 1. The molecule has 1 heterocycles. The van der Waals surface area contributed by atoms with E-state index in [1.807, 2.05) is 19.1 Å². The van der Waals surface area contributed by atoms with Crippen LogP contribution in [0.1, 0.15) is 59.6 Å². The Bertz CT molecular complexity index is 1740. The van der Waals surface area contributed by atoms with Gasteiger partial charge in [-0.1, -0.05) is 30.3 Å². The zero-order valence-corrected chi connectivity index (χ0v) is 24.8. The first-order valence-electron chi connectivity index (χ1n) is 15.0. The Balaban J connectivity index is 1.07. The van der Waals surface area contributed by atoms with E-state index in [9.17, 15) is 13.2 Å². The van der Waals surface area contributed by atoms with E-state index in [2.05, 4.69) is 51.8 Å². The molecule has 220 valence electrons. The van der Waals surface area contributed by atoms with E-state index in [4.69, 9.17) is 4.74 Å². The molecular weight excluding hydrogens is 558 g/mol. The third-order valence-corrected chi connectivity index (χ3v) is 10.7. The first-order chi connectivity index (χ1) is 20.9. The van der Waals surface area contributed by atoms with Gasteiger partial charge >= 0.3 is 0 Å². The molecule has 0 radical (unpaired) electrons. The molecule has 0 aromatic heterocycles. The first kappa shape index (κ1) is 27.5. The second-order valence-electron chi connectivity index (χ2n) is 11.8. The van der Waals surface area contributed by atoms with Crippen molar-refractivity contribution in [2.45, 2.75) is 43.0 Å². The SMILES string of the molecule is CCOc1ccc(NS(=O)(=O)c2ccc(NC(=O)c3ccc4c(c3)[C@@H]3[C@H]5CC[C@@H](C5)[C@@H]3[C@H](c3ccccc3)N4)cc2)cc1. The van der Waals surface area contributed by atoms with Gasteiger partial charge in [0.05, 0.1) is 17.5 Å². The van der Waals surface area contributed by atoms with Crippen LogP contribution in [-0.2, 0) is 10.0 Å². The van der Waals surface area contributed by atoms with Crippen LogP contribution in [0.4, 0.5) is 17.1 Å². The molecule has 2 fully saturated rings. The number of nitrogens with one attached hydrogen (secondary N) is 3. The van der Waals surface area contributed by atoms with Crippen molar-refractivity contribution >= 4 is 33.0 Å². The topological polar surface area (TPSA) is 96.5 Å². The fraction of sp³-hybridized carbons (Fsp3) is 0.286. The van der Waals surface area contributed by atoms with Gasteiger partial charge < -0.3 is 15.4 Å². The molecule has 4 aromatic rings. The molecule has 3 N–H and O–H groups in total. The molecule has 0 spiro atoms. The molecule has 2 saturated carbocycles. The lowest BCUT2D eigenvalue weighted by molar-refractivity contribution is 0.102. The Hall–Kier alpha value is -4.30. The molecule has 1 amide bonds. The maximum absolute atomic E-state index is 13.4. The van der Waals surface area contributed by atoms with Gasteiger partial charge in [-0.3, -0.25) is 9.52 Å². The average molecular weight is 594 g/mol. The van der Waals surface area contributed by atoms with Crippen LogP contribution in [0.2, 0.25) is 0 Å². The van der Waals surface area contributed by atoms with Crippen LogP contribution < -0.4 is 20.1 Å². The summed E-state index contributed by atoms with van der Waals surface area (Å²) in [7, 11) is -3.79. The number of hydrogen-bond acceptors (Lipinski definition) is 5. The van der Waals surface area contributed by atoms with Crippen molar-refractivity contribution in [3.63, 3.8) is 0 Å². The Kier molecular flexibility index (Phi) is 7.09. The van der Waals surface area contributed by atoms with Gasteiger partial charge in [0.15, 0.2) is 0 Å². The third kappa shape index (κ3) is 5.25. The average Bonchev–Trinajstić information content (AvgIpc) is 3.65. The third-order valence-electron chi connectivity index (χ3n) is 9.35. The van der Waals surface area contributed by atoms with E-state index >= 15 is 0 Å². The largest absolute Gasteiger partial charge is 0.494 e. The lowest BCUT2D eigenvalue weighted by Gasteiger charge is -2.43. The van der Waals surface area contributed by atoms with Gasteiger partial charge in [-0.05, 0) is 128 Å². The van der Waals surface area contributed by atoms with Crippen molar-refractivity contribution in [2.24, 2.45) is 17.8 Å². The highest BCUT2D eigenvalue weighted by atomic mass is 32.2. The number of ether oxygens (including phenoxy) is 1. The Morgan fingerprint density at radius 3 is 2.35 bits per heavy atom. The minimum atomic E-state index is -3.79. The van der Waals surface area contributed by atoms with Crippen molar-refractivity contribution < 1.29 is 17.9 Å². The number of hydrogen-bond donors (Lipinski definition) is 3. The fourth-order valence-corrected chi connectivity index (χ4v) is 8.60. The quantitative estimate of drug-likeness (QED) is 0.197. The summed E-state index contributed by atoms with van der Waals surface area (Å²) in [6, 6.07) is 30.0. The van der Waals surface area contributed by atoms with Crippen LogP contribution in [0.5, 0.6) is 5.75 Å². The Morgan fingerprint density at radius 1 is 0.884 bits per heavy atom. The molecule has 7 nitrogen and oxygen atoms in total. The van der Waals surface area contributed by atoms with Crippen molar-refractivity contribution in [3.05, 3.63) is 114 Å². The zero-order chi connectivity index (χ0) is 29.6. The van der Waals surface area contributed by atoms with Gasteiger partial charge in [0.1, 0.15) is 5.75 Å². The zero-order valence-electron chi connectivity index (χ0n) is 24.0. The molecule has 43 heavy (non-hydrogen) atoms. The summed E-state index contributed by atoms with van der Waals surface area (Å²) in [5.74, 6) is 2.80. The lowest BCUT2D eigenvalue weighted by atomic mass is 9.68. The van der Waals surface area contributed by atoms with Gasteiger partial charge in [0.25, 0.3) is 15.9 Å². The fourth-order valence-electron chi connectivity index (χ4n) is 7.54. The van der Waals surface area contributed by atoms with Gasteiger partial charge in [0, 0.05) is 22.6 Å². The molecule has 8 heteroatoms. The normalized spacial score (nSPS) is 23.5. The van der Waals surface area contributed by atoms with Crippen molar-refractivity contribution in [1.29, 1.82) is 0 Å². The molecule has 3 aliphatic rings. The van der Waals surface area contributed by atoms with E-state index in [-0.39, 0.29) is 16.8 Å². The standard InChI is InChI=1S/C35H35N3O4S/c1-2-42-28-15-11-27(12-16-28)38-43(40,41)29-17-13-26(14-18-29)36-35(39)25-10-19-31-30(21-25)32-23-8-9-24(20-23)33(32)34(37-31)22-6-4-3-5-7-22/h3-7,10-19,21,23-24,32-34,37-38H,2,8-9,20H2,1H3,(H,36,39)/t23-,24-,32-,33-,34-/m0/s1. The van der Waals surface area contributed by atoms with Gasteiger partial charge in [-0.2, -0.15) is 0 Å². The Morgan fingerprint density at radius 2 is 1.60 bits per heavy atom. The summed E-state index contributed by atoms with van der Waals surface area (Å²) >= 11 is 0. The molecule has 1 aliphatic heterocycles. The molecule has 5 atom stereocenters. The predicted octanol–water partition coefficient (Wildman–Crippen LogP) is 7.43. The molecule has 0 unspecified atom stereocenters. The van der Waals surface area contributed by atoms with Gasteiger partial charge in [0.2, 0.25) is 0 Å². The second kappa shape index (κ2) is 11.1. The molecule has 4 aromatic carbocycles. The number of fused-ring (bicyclic) bond motifs is 7. The van der Waals surface area contributed by atoms with E-state index in [0.29, 0.717) is 53.0 Å². The van der Waals surface area contributed by atoms with Crippen LogP contribution in [0.3, 0.4) is 0 Å². The number of amides is 1. The smallest absolute Gasteiger partial charge is 0.261 e. The lowest BCUT2D eigenvalue weighted by Crippen LogP contribution is -2.35. The molecule has 0 saturated heterocycles. The van der Waals surface area contributed by atoms with E-state index < -0.39 is 10.0 Å². The molecular formula is C35H35N3O4S. The van der Waals surface area contributed by atoms with E-state index in [1.165, 1.54) is 42.5 Å². The summed E-state index contributed by atoms with van der Waals surface area (Å²) in [5.41, 5.74) is 5.28. The van der Waals surface area contributed by atoms with Crippen molar-refractivity contribution in [2.75, 3.05) is 22.0 Å². The van der Waals surface area contributed by atoms with Crippen molar-refractivity contribution in [1.82, 2.24) is 0 Å². The number of anilines is 3. The van der Waals surface area contributed by atoms with Gasteiger partial charge in [-0.25, -0.2) is 8.42 Å². The van der Waals surface area contributed by atoms with Crippen LogP contribution >= 0.6 is 0 Å².